The summed E-state index contributed by atoms with van der Waals surface area (Å²) in [6.07, 6.45) is 1.45. The molecule has 0 N–H and O–H groups in total. The third-order valence-corrected chi connectivity index (χ3v) is 4.52. The van der Waals surface area contributed by atoms with Crippen LogP contribution >= 0.6 is 0 Å². The molecule has 0 saturated heterocycles. The minimum absolute atomic E-state index is 0.0376. The van der Waals surface area contributed by atoms with Gasteiger partial charge in [-0.1, -0.05) is 24.3 Å². The summed E-state index contributed by atoms with van der Waals surface area (Å²) < 4.78 is 7.14. The van der Waals surface area contributed by atoms with E-state index >= 15 is 0 Å². The lowest BCUT2D eigenvalue weighted by atomic mass is 10.0. The van der Waals surface area contributed by atoms with Crippen LogP contribution in [0.5, 0.6) is 5.75 Å². The van der Waals surface area contributed by atoms with Crippen LogP contribution in [0.15, 0.2) is 54.9 Å². The van der Waals surface area contributed by atoms with Crippen LogP contribution in [0, 0.1) is 0 Å². The predicted molar refractivity (Wildman–Crippen MR) is 96.3 cm³/mol. The number of ether oxygens (including phenoxy) is 1. The number of benzene rings is 2. The van der Waals surface area contributed by atoms with E-state index < -0.39 is 0 Å². The largest absolute Gasteiger partial charge is 0.494 e. The lowest BCUT2D eigenvalue weighted by Crippen LogP contribution is -2.06. The Labute approximate surface area is 149 Å². The second-order valence-electron chi connectivity index (χ2n) is 5.99. The molecule has 0 saturated carbocycles. The third-order valence-electron chi connectivity index (χ3n) is 4.52. The topological polar surface area (TPSA) is 69.4 Å². The zero-order valence-corrected chi connectivity index (χ0v) is 14.0. The number of rotatable bonds is 3. The van der Waals surface area contributed by atoms with Gasteiger partial charge in [-0.25, -0.2) is 4.98 Å². The molecule has 126 valence electrons. The van der Waals surface area contributed by atoms with Gasteiger partial charge in [0, 0.05) is 16.7 Å². The summed E-state index contributed by atoms with van der Waals surface area (Å²) in [5.41, 5.74) is 4.29. The Morgan fingerprint density at radius 2 is 1.81 bits per heavy atom. The molecule has 2 aromatic heterocycles. The van der Waals surface area contributed by atoms with Crippen LogP contribution in [-0.2, 0) is 0 Å². The van der Waals surface area contributed by atoms with Crippen molar-refractivity contribution in [2.24, 2.45) is 0 Å². The van der Waals surface area contributed by atoms with E-state index in [2.05, 4.69) is 15.1 Å². The Hall–Kier alpha value is -3.54. The van der Waals surface area contributed by atoms with Gasteiger partial charge < -0.3 is 4.74 Å². The third kappa shape index (κ3) is 1.99. The number of hydrogen-bond donors (Lipinski definition) is 0. The maximum Gasteiger partial charge on any atom is 0.253 e. The van der Waals surface area contributed by atoms with Crippen molar-refractivity contribution in [3.63, 3.8) is 0 Å². The molecule has 1 aliphatic rings. The molecule has 1 aliphatic carbocycles. The number of nitrogens with zero attached hydrogens (tertiary/aromatic N) is 4. The summed E-state index contributed by atoms with van der Waals surface area (Å²) in [6, 6.07) is 15.2. The summed E-state index contributed by atoms with van der Waals surface area (Å²) in [6.45, 7) is 2.55. The molecule has 0 spiro atoms. The molecule has 2 aromatic carbocycles. The van der Waals surface area contributed by atoms with Crippen molar-refractivity contribution < 1.29 is 9.53 Å². The van der Waals surface area contributed by atoms with E-state index in [0.29, 0.717) is 34.9 Å². The molecule has 0 bridgehead atoms. The highest BCUT2D eigenvalue weighted by Crippen LogP contribution is 2.40. The maximum atomic E-state index is 13.1. The van der Waals surface area contributed by atoms with Crippen molar-refractivity contribution >= 4 is 11.6 Å². The predicted octanol–water partition coefficient (Wildman–Crippen LogP) is 3.40. The van der Waals surface area contributed by atoms with Crippen LogP contribution in [0.2, 0.25) is 0 Å². The molecule has 6 heteroatoms. The van der Waals surface area contributed by atoms with Crippen LogP contribution in [0.1, 0.15) is 22.8 Å². The van der Waals surface area contributed by atoms with Gasteiger partial charge in [-0.15, -0.1) is 0 Å². The van der Waals surface area contributed by atoms with Crippen molar-refractivity contribution in [1.29, 1.82) is 0 Å². The van der Waals surface area contributed by atoms with Crippen molar-refractivity contribution in [3.05, 3.63) is 66.0 Å². The molecule has 6 nitrogen and oxygen atoms in total. The molecular weight excluding hydrogens is 328 g/mol. The second-order valence-corrected chi connectivity index (χ2v) is 5.99. The van der Waals surface area contributed by atoms with Crippen LogP contribution in [0.3, 0.4) is 0 Å². The number of ketones is 1. The lowest BCUT2D eigenvalue weighted by molar-refractivity contribution is 0.104. The lowest BCUT2D eigenvalue weighted by Gasteiger charge is -2.10. The highest BCUT2D eigenvalue weighted by Gasteiger charge is 2.33. The van der Waals surface area contributed by atoms with Crippen LogP contribution < -0.4 is 4.74 Å². The van der Waals surface area contributed by atoms with E-state index in [-0.39, 0.29) is 5.78 Å². The standard InChI is InChI=1S/C20H14N4O2/c1-2-26-13-9-7-12(8-10-13)18-16-17(23-20-21-11-22-24(18)20)14-5-3-4-6-15(14)19(16)25/h3-11H,2H2,1H3. The van der Waals surface area contributed by atoms with Gasteiger partial charge in [0.05, 0.1) is 23.6 Å². The van der Waals surface area contributed by atoms with Crippen LogP contribution in [0.25, 0.3) is 28.3 Å². The van der Waals surface area contributed by atoms with Gasteiger partial charge in [0.1, 0.15) is 12.1 Å². The first-order chi connectivity index (χ1) is 12.8. The first-order valence-corrected chi connectivity index (χ1v) is 8.39. The fraction of sp³-hybridized carbons (Fsp3) is 0.100. The number of carbonyl (C=O) groups is 1. The molecule has 5 rings (SSSR count). The average Bonchev–Trinajstić information content (AvgIpc) is 3.25. The fourth-order valence-corrected chi connectivity index (χ4v) is 3.42. The van der Waals surface area contributed by atoms with Crippen LogP contribution in [0.4, 0.5) is 0 Å². The molecule has 0 aliphatic heterocycles. The van der Waals surface area contributed by atoms with Crippen molar-refractivity contribution in [1.82, 2.24) is 19.6 Å². The first kappa shape index (κ1) is 14.8. The summed E-state index contributed by atoms with van der Waals surface area (Å²) in [4.78, 5) is 21.9. The van der Waals surface area contributed by atoms with E-state index in [0.717, 1.165) is 16.9 Å². The van der Waals surface area contributed by atoms with Crippen molar-refractivity contribution in [3.8, 4) is 28.3 Å². The molecule has 0 radical (unpaired) electrons. The quantitative estimate of drug-likeness (QED) is 0.503. The molecule has 4 aromatic rings. The van der Waals surface area contributed by atoms with Gasteiger partial charge in [0.25, 0.3) is 5.78 Å². The van der Waals surface area contributed by atoms with Gasteiger partial charge in [-0.05, 0) is 31.2 Å². The molecule has 0 amide bonds. The zero-order chi connectivity index (χ0) is 17.7. The smallest absolute Gasteiger partial charge is 0.253 e. The Morgan fingerprint density at radius 3 is 2.58 bits per heavy atom. The summed E-state index contributed by atoms with van der Waals surface area (Å²) >= 11 is 0. The van der Waals surface area contributed by atoms with E-state index in [1.54, 1.807) is 4.52 Å². The average molecular weight is 342 g/mol. The van der Waals surface area contributed by atoms with Gasteiger partial charge in [0.2, 0.25) is 0 Å². The van der Waals surface area contributed by atoms with E-state index in [9.17, 15) is 4.79 Å². The fourth-order valence-electron chi connectivity index (χ4n) is 3.42. The molecule has 0 fully saturated rings. The first-order valence-electron chi connectivity index (χ1n) is 8.39. The Morgan fingerprint density at radius 1 is 1.04 bits per heavy atom. The Bertz CT molecular complexity index is 1160. The highest BCUT2D eigenvalue weighted by atomic mass is 16.5. The molecular formula is C20H14N4O2. The number of carbonyl (C=O) groups excluding carboxylic acids is 1. The van der Waals surface area contributed by atoms with E-state index in [4.69, 9.17) is 4.74 Å². The minimum atomic E-state index is -0.0376. The monoisotopic (exact) mass is 342 g/mol. The maximum absolute atomic E-state index is 13.1. The zero-order valence-electron chi connectivity index (χ0n) is 14.0. The number of aromatic nitrogens is 4. The minimum Gasteiger partial charge on any atom is -0.494 e. The number of hydrogen-bond acceptors (Lipinski definition) is 5. The summed E-state index contributed by atoms with van der Waals surface area (Å²) in [5, 5.41) is 4.29. The van der Waals surface area contributed by atoms with Gasteiger partial charge in [-0.2, -0.15) is 14.6 Å². The van der Waals surface area contributed by atoms with Gasteiger partial charge >= 0.3 is 0 Å². The van der Waals surface area contributed by atoms with E-state index in [1.165, 1.54) is 6.33 Å². The number of fused-ring (bicyclic) bond motifs is 4. The Kier molecular flexibility index (Phi) is 3.12. The van der Waals surface area contributed by atoms with Gasteiger partial charge in [-0.3, -0.25) is 4.79 Å². The van der Waals surface area contributed by atoms with Crippen molar-refractivity contribution in [2.75, 3.05) is 6.61 Å². The second kappa shape index (κ2) is 5.49. The SMILES string of the molecule is CCOc1ccc(-c2c3c(nc4ncnn24)-c2ccccc2C3=O)cc1. The molecule has 0 unspecified atom stereocenters. The normalized spacial score (nSPS) is 12.3. The van der Waals surface area contributed by atoms with Gasteiger partial charge in [0.15, 0.2) is 5.78 Å². The molecule has 26 heavy (non-hydrogen) atoms. The van der Waals surface area contributed by atoms with Crippen molar-refractivity contribution in [2.45, 2.75) is 6.92 Å². The molecule has 0 atom stereocenters. The Balaban J connectivity index is 1.81. The molecule has 2 heterocycles. The summed E-state index contributed by atoms with van der Waals surface area (Å²) in [7, 11) is 0. The van der Waals surface area contributed by atoms with E-state index in [1.807, 2.05) is 55.5 Å². The summed E-state index contributed by atoms with van der Waals surface area (Å²) in [5.74, 6) is 1.22. The van der Waals surface area contributed by atoms with Crippen LogP contribution in [-0.4, -0.2) is 32.0 Å². The highest BCUT2D eigenvalue weighted by molar-refractivity contribution is 6.23.